The van der Waals surface area contributed by atoms with Gasteiger partial charge >= 0.3 is 0 Å². The maximum atomic E-state index is 5.82. The van der Waals surface area contributed by atoms with Crippen molar-refractivity contribution in [2.45, 2.75) is 26.5 Å². The average molecular weight is 288 g/mol. The fourth-order valence-electron chi connectivity index (χ4n) is 2.99. The van der Waals surface area contributed by atoms with Crippen molar-refractivity contribution in [3.05, 3.63) is 35.6 Å². The van der Waals surface area contributed by atoms with E-state index in [9.17, 15) is 0 Å². The topological polar surface area (TPSA) is 37.6 Å². The predicted octanol–water partition coefficient (Wildman–Crippen LogP) is 2.55. The highest BCUT2D eigenvalue weighted by atomic mass is 16.5. The zero-order valence-electron chi connectivity index (χ0n) is 12.9. The molecule has 0 amide bonds. The van der Waals surface area contributed by atoms with Crippen molar-refractivity contribution < 1.29 is 9.15 Å². The lowest BCUT2D eigenvalue weighted by Gasteiger charge is -2.32. The maximum absolute atomic E-state index is 5.82. The van der Waals surface area contributed by atoms with Crippen LogP contribution >= 0.6 is 0 Å². The molecule has 1 saturated heterocycles. The summed E-state index contributed by atoms with van der Waals surface area (Å²) in [5, 5.41) is 4.73. The number of nitrogens with zero attached hydrogens (tertiary/aromatic N) is 1. The number of likely N-dealkylation sites (N-methyl/N-ethyl adjacent to an activating group) is 1. The third-order valence-corrected chi connectivity index (χ3v) is 4.24. The van der Waals surface area contributed by atoms with E-state index >= 15 is 0 Å². The fraction of sp³-hybridized carbons (Fsp3) is 0.529. The Kier molecular flexibility index (Phi) is 4.58. The molecular weight excluding hydrogens is 264 g/mol. The molecule has 4 nitrogen and oxygen atoms in total. The van der Waals surface area contributed by atoms with Crippen LogP contribution in [0, 0.1) is 6.92 Å². The normalized spacial score (nSPS) is 20.2. The molecule has 0 spiro atoms. The van der Waals surface area contributed by atoms with Gasteiger partial charge in [0, 0.05) is 37.1 Å². The molecule has 1 aromatic heterocycles. The van der Waals surface area contributed by atoms with Gasteiger partial charge in [-0.2, -0.15) is 0 Å². The van der Waals surface area contributed by atoms with Crippen LogP contribution in [-0.2, 0) is 11.3 Å². The number of morpholine rings is 1. The molecule has 0 bridgehead atoms. The Morgan fingerprint density at radius 1 is 1.33 bits per heavy atom. The Labute approximate surface area is 126 Å². The van der Waals surface area contributed by atoms with Crippen LogP contribution in [-0.4, -0.2) is 43.8 Å². The van der Waals surface area contributed by atoms with Crippen LogP contribution in [0.2, 0.25) is 0 Å². The molecule has 21 heavy (non-hydrogen) atoms. The van der Waals surface area contributed by atoms with Gasteiger partial charge in [-0.1, -0.05) is 25.1 Å². The molecule has 4 heteroatoms. The van der Waals surface area contributed by atoms with E-state index in [-0.39, 0.29) is 6.10 Å². The van der Waals surface area contributed by atoms with Crippen molar-refractivity contribution in [3.8, 4) is 0 Å². The number of hydrogen-bond acceptors (Lipinski definition) is 4. The minimum absolute atomic E-state index is 0.289. The smallest absolute Gasteiger partial charge is 0.134 e. The summed E-state index contributed by atoms with van der Waals surface area (Å²) in [7, 11) is 0. The summed E-state index contributed by atoms with van der Waals surface area (Å²) in [4.78, 5) is 2.44. The summed E-state index contributed by atoms with van der Waals surface area (Å²) < 4.78 is 11.6. The van der Waals surface area contributed by atoms with Gasteiger partial charge in [0.05, 0.1) is 12.7 Å². The minimum Gasteiger partial charge on any atom is -0.461 e. The lowest BCUT2D eigenvalue weighted by molar-refractivity contribution is -0.0253. The molecule has 1 fully saturated rings. The highest BCUT2D eigenvalue weighted by molar-refractivity contribution is 5.82. The van der Waals surface area contributed by atoms with Crippen LogP contribution in [0.1, 0.15) is 18.2 Å². The number of rotatable bonds is 5. The molecule has 1 unspecified atom stereocenters. The van der Waals surface area contributed by atoms with Gasteiger partial charge in [0.15, 0.2) is 0 Å². The standard InChI is InChI=1S/C17H24N2O2/c1-3-19-8-9-20-14(12-19)10-18-11-16-13(2)21-17-7-5-4-6-15(16)17/h4-7,14,18H,3,8-12H2,1-2H3. The Morgan fingerprint density at radius 3 is 3.05 bits per heavy atom. The van der Waals surface area contributed by atoms with Crippen LogP contribution in [0.3, 0.4) is 0 Å². The summed E-state index contributed by atoms with van der Waals surface area (Å²) in [6.07, 6.45) is 0.289. The zero-order valence-corrected chi connectivity index (χ0v) is 12.9. The Balaban J connectivity index is 1.58. The van der Waals surface area contributed by atoms with Crippen LogP contribution in [0.25, 0.3) is 11.0 Å². The molecule has 0 radical (unpaired) electrons. The number of aryl methyl sites for hydroxylation is 1. The molecule has 1 aliphatic heterocycles. The lowest BCUT2D eigenvalue weighted by atomic mass is 10.1. The first-order valence-corrected chi connectivity index (χ1v) is 7.79. The average Bonchev–Trinajstić information content (AvgIpc) is 2.83. The summed E-state index contributed by atoms with van der Waals surface area (Å²) in [5.74, 6) is 1.00. The molecule has 2 heterocycles. The van der Waals surface area contributed by atoms with Crippen molar-refractivity contribution in [2.24, 2.45) is 0 Å². The third kappa shape index (κ3) is 3.28. The number of fused-ring (bicyclic) bond motifs is 1. The van der Waals surface area contributed by atoms with E-state index in [0.29, 0.717) is 0 Å². The molecular formula is C17H24N2O2. The first-order valence-electron chi connectivity index (χ1n) is 7.79. The van der Waals surface area contributed by atoms with E-state index in [2.05, 4.69) is 29.3 Å². The second kappa shape index (κ2) is 6.60. The van der Waals surface area contributed by atoms with Crippen molar-refractivity contribution in [1.82, 2.24) is 10.2 Å². The number of para-hydroxylation sites is 1. The summed E-state index contributed by atoms with van der Waals surface area (Å²) in [6, 6.07) is 8.22. The minimum atomic E-state index is 0.289. The molecule has 1 N–H and O–H groups in total. The SMILES string of the molecule is CCN1CCOC(CNCc2c(C)oc3ccccc23)C1. The molecule has 2 aromatic rings. The maximum Gasteiger partial charge on any atom is 0.134 e. The molecule has 0 aliphatic carbocycles. The lowest BCUT2D eigenvalue weighted by Crippen LogP contribution is -2.46. The second-order valence-corrected chi connectivity index (χ2v) is 5.65. The monoisotopic (exact) mass is 288 g/mol. The summed E-state index contributed by atoms with van der Waals surface area (Å²) >= 11 is 0. The van der Waals surface area contributed by atoms with Gasteiger partial charge in [0.2, 0.25) is 0 Å². The molecule has 114 valence electrons. The largest absolute Gasteiger partial charge is 0.461 e. The number of hydrogen-bond donors (Lipinski definition) is 1. The quantitative estimate of drug-likeness (QED) is 0.917. The highest BCUT2D eigenvalue weighted by Gasteiger charge is 2.19. The van der Waals surface area contributed by atoms with E-state index in [1.807, 2.05) is 19.1 Å². The van der Waals surface area contributed by atoms with Gasteiger partial charge in [0.1, 0.15) is 11.3 Å². The number of nitrogens with one attached hydrogen (secondary N) is 1. The number of benzene rings is 1. The van der Waals surface area contributed by atoms with E-state index in [1.54, 1.807) is 0 Å². The third-order valence-electron chi connectivity index (χ3n) is 4.24. The van der Waals surface area contributed by atoms with Gasteiger partial charge in [-0.25, -0.2) is 0 Å². The van der Waals surface area contributed by atoms with Crippen LogP contribution in [0.5, 0.6) is 0 Å². The summed E-state index contributed by atoms with van der Waals surface area (Å²) in [6.45, 7) is 9.97. The van der Waals surface area contributed by atoms with E-state index in [0.717, 1.165) is 50.7 Å². The second-order valence-electron chi connectivity index (χ2n) is 5.65. The van der Waals surface area contributed by atoms with Gasteiger partial charge in [-0.05, 0) is 19.5 Å². The van der Waals surface area contributed by atoms with Gasteiger partial charge in [-0.15, -0.1) is 0 Å². The van der Waals surface area contributed by atoms with Crippen LogP contribution in [0.15, 0.2) is 28.7 Å². The number of ether oxygens (including phenoxy) is 1. The number of furan rings is 1. The molecule has 1 aromatic carbocycles. The Bertz CT molecular complexity index is 593. The van der Waals surface area contributed by atoms with E-state index in [4.69, 9.17) is 9.15 Å². The molecule has 1 atom stereocenters. The first kappa shape index (κ1) is 14.6. The molecule has 0 saturated carbocycles. The summed E-state index contributed by atoms with van der Waals surface area (Å²) in [5.41, 5.74) is 2.23. The van der Waals surface area contributed by atoms with Crippen molar-refractivity contribution in [1.29, 1.82) is 0 Å². The molecule has 3 rings (SSSR count). The van der Waals surface area contributed by atoms with Crippen molar-refractivity contribution >= 4 is 11.0 Å². The van der Waals surface area contributed by atoms with Gasteiger partial charge in [-0.3, -0.25) is 4.90 Å². The first-order chi connectivity index (χ1) is 10.3. The Hall–Kier alpha value is -1.36. The highest BCUT2D eigenvalue weighted by Crippen LogP contribution is 2.24. The van der Waals surface area contributed by atoms with Gasteiger partial charge < -0.3 is 14.5 Å². The van der Waals surface area contributed by atoms with Gasteiger partial charge in [0.25, 0.3) is 0 Å². The van der Waals surface area contributed by atoms with Crippen LogP contribution in [0.4, 0.5) is 0 Å². The zero-order chi connectivity index (χ0) is 14.7. The fourth-order valence-corrected chi connectivity index (χ4v) is 2.99. The van der Waals surface area contributed by atoms with E-state index < -0.39 is 0 Å². The van der Waals surface area contributed by atoms with E-state index in [1.165, 1.54) is 10.9 Å². The van der Waals surface area contributed by atoms with Crippen molar-refractivity contribution in [2.75, 3.05) is 32.8 Å². The molecule has 1 aliphatic rings. The Morgan fingerprint density at radius 2 is 2.19 bits per heavy atom. The predicted molar refractivity (Wildman–Crippen MR) is 84.5 cm³/mol. The van der Waals surface area contributed by atoms with Crippen LogP contribution < -0.4 is 5.32 Å². The van der Waals surface area contributed by atoms with Crippen molar-refractivity contribution in [3.63, 3.8) is 0 Å².